The van der Waals surface area contributed by atoms with Crippen molar-refractivity contribution in [2.75, 3.05) is 57.3 Å². The number of ether oxygens (including phenoxy) is 1. The Balaban J connectivity index is 1.25. The normalized spacial score (nSPS) is 19.2. The predicted octanol–water partition coefficient (Wildman–Crippen LogP) is 3.54. The largest absolute Gasteiger partial charge is 0.522 e. The highest BCUT2D eigenvalue weighted by Crippen LogP contribution is 2.30. The lowest BCUT2D eigenvalue weighted by molar-refractivity contribution is -0.354. The third-order valence-electron chi connectivity index (χ3n) is 5.97. The molecule has 3 heterocycles. The second kappa shape index (κ2) is 9.15. The average Bonchev–Trinajstić information content (AvgIpc) is 3.10. The molecule has 2 saturated heterocycles. The van der Waals surface area contributed by atoms with Crippen LogP contribution in [-0.2, 0) is 10.9 Å². The van der Waals surface area contributed by atoms with Gasteiger partial charge in [-0.05, 0) is 31.2 Å². The molecule has 33 heavy (non-hydrogen) atoms. The molecule has 182 valence electrons. The van der Waals surface area contributed by atoms with Gasteiger partial charge in [-0.2, -0.15) is 18.3 Å². The van der Waals surface area contributed by atoms with Crippen LogP contribution in [0.15, 0.2) is 30.3 Å². The minimum atomic E-state index is -4.58. The Morgan fingerprint density at radius 1 is 0.909 bits per heavy atom. The molecule has 2 fully saturated rings. The number of hydrogen-bond acceptors (Lipinski definition) is 5. The molecule has 2 aliphatic rings. The summed E-state index contributed by atoms with van der Waals surface area (Å²) in [6.45, 7) is 6.97. The van der Waals surface area contributed by atoms with Crippen molar-refractivity contribution in [2.45, 2.75) is 25.6 Å². The summed E-state index contributed by atoms with van der Waals surface area (Å²) in [6.07, 6.45) is -9.73. The molecule has 0 unspecified atom stereocenters. The van der Waals surface area contributed by atoms with Crippen LogP contribution in [0.4, 0.5) is 32.2 Å². The van der Waals surface area contributed by atoms with E-state index < -0.39 is 24.2 Å². The number of alkyl halides is 6. The molecule has 0 amide bonds. The molecule has 0 bridgehead atoms. The Bertz CT molecular complexity index is 928. The van der Waals surface area contributed by atoms with Gasteiger partial charge in [-0.1, -0.05) is 0 Å². The number of nitrogens with zero attached hydrogens (tertiary/aromatic N) is 5. The van der Waals surface area contributed by atoms with E-state index in [9.17, 15) is 26.3 Å². The average molecular weight is 477 g/mol. The molecule has 6 nitrogen and oxygen atoms in total. The quantitative estimate of drug-likeness (QED) is 0.595. The van der Waals surface area contributed by atoms with E-state index in [1.54, 1.807) is 4.68 Å². The number of likely N-dealkylation sites (tertiary alicyclic amines) is 1. The summed E-state index contributed by atoms with van der Waals surface area (Å²) in [5.41, 5.74) is 0.683. The highest BCUT2D eigenvalue weighted by molar-refractivity contribution is 5.45. The van der Waals surface area contributed by atoms with Crippen LogP contribution in [0.2, 0.25) is 0 Å². The lowest BCUT2D eigenvalue weighted by Crippen LogP contribution is -2.56. The maximum Gasteiger partial charge on any atom is 0.522 e. The third kappa shape index (κ3) is 5.98. The Hall–Kier alpha value is -2.31. The minimum Gasteiger partial charge on any atom is -0.353 e. The van der Waals surface area contributed by atoms with Gasteiger partial charge in [0.2, 0.25) is 0 Å². The van der Waals surface area contributed by atoms with Gasteiger partial charge in [-0.15, -0.1) is 13.2 Å². The van der Waals surface area contributed by atoms with E-state index in [0.29, 0.717) is 25.3 Å². The van der Waals surface area contributed by atoms with Gasteiger partial charge < -0.3 is 4.90 Å². The Kier molecular flexibility index (Phi) is 6.61. The monoisotopic (exact) mass is 477 g/mol. The van der Waals surface area contributed by atoms with Crippen molar-refractivity contribution in [1.29, 1.82) is 0 Å². The number of piperazine rings is 1. The van der Waals surface area contributed by atoms with Crippen LogP contribution >= 0.6 is 0 Å². The summed E-state index contributed by atoms with van der Waals surface area (Å²) in [5.74, 6) is 0.766. The molecule has 2 aliphatic heterocycles. The van der Waals surface area contributed by atoms with Crippen LogP contribution in [0.5, 0.6) is 0 Å². The van der Waals surface area contributed by atoms with Gasteiger partial charge in [0, 0.05) is 64.1 Å². The van der Waals surface area contributed by atoms with E-state index in [-0.39, 0.29) is 0 Å². The van der Waals surface area contributed by atoms with E-state index in [0.717, 1.165) is 56.4 Å². The number of aromatic nitrogens is 2. The summed E-state index contributed by atoms with van der Waals surface area (Å²) in [4.78, 5) is 6.33. The zero-order valence-electron chi connectivity index (χ0n) is 18.0. The molecule has 1 aromatic carbocycles. The molecule has 4 rings (SSSR count). The lowest BCUT2D eigenvalue weighted by Gasteiger charge is -2.41. The fourth-order valence-corrected chi connectivity index (χ4v) is 4.12. The Morgan fingerprint density at radius 2 is 1.52 bits per heavy atom. The molecule has 0 spiro atoms. The number of hydrogen-bond donors (Lipinski definition) is 0. The van der Waals surface area contributed by atoms with E-state index in [4.69, 9.17) is 0 Å². The molecule has 0 N–H and O–H groups in total. The molecule has 0 saturated carbocycles. The molecular formula is C21H25F6N5O. The predicted molar refractivity (Wildman–Crippen MR) is 109 cm³/mol. The highest BCUT2D eigenvalue weighted by Gasteiger charge is 2.39. The first-order valence-corrected chi connectivity index (χ1v) is 10.7. The molecule has 0 atom stereocenters. The van der Waals surface area contributed by atoms with Crippen LogP contribution in [0, 0.1) is 6.92 Å². The molecular weight excluding hydrogens is 452 g/mol. The van der Waals surface area contributed by atoms with Gasteiger partial charge in [-0.3, -0.25) is 14.5 Å². The zero-order chi connectivity index (χ0) is 23.8. The van der Waals surface area contributed by atoms with E-state index >= 15 is 0 Å². The number of aryl methyl sites for hydroxylation is 1. The van der Waals surface area contributed by atoms with Gasteiger partial charge >= 0.3 is 12.5 Å². The topological polar surface area (TPSA) is 36.8 Å². The van der Waals surface area contributed by atoms with E-state index in [2.05, 4.69) is 19.6 Å². The van der Waals surface area contributed by atoms with Gasteiger partial charge in [-0.25, -0.2) is 4.68 Å². The van der Waals surface area contributed by atoms with Crippen LogP contribution in [0.25, 0.3) is 5.69 Å². The standard InChI is InChI=1S/C21H25F6N5O/c1-15-12-19(28-32(15)17-4-2-16(3-5-17)20(22,23)24)31-10-8-29(9-11-31)6-7-30-13-18(14-30)33-21(25,26)27/h2-5,12,18H,6-11,13-14H2,1H3. The van der Waals surface area contributed by atoms with Crippen LogP contribution in [0.3, 0.4) is 0 Å². The Morgan fingerprint density at radius 3 is 2.09 bits per heavy atom. The molecule has 12 heteroatoms. The minimum absolute atomic E-state index is 0.292. The fourth-order valence-electron chi connectivity index (χ4n) is 4.12. The highest BCUT2D eigenvalue weighted by atomic mass is 19.4. The van der Waals surface area contributed by atoms with Gasteiger partial charge in [0.25, 0.3) is 0 Å². The van der Waals surface area contributed by atoms with Gasteiger partial charge in [0.15, 0.2) is 5.82 Å². The second-order valence-electron chi connectivity index (χ2n) is 8.37. The van der Waals surface area contributed by atoms with E-state index in [1.165, 1.54) is 12.1 Å². The van der Waals surface area contributed by atoms with Crippen LogP contribution in [-0.4, -0.2) is 84.4 Å². The smallest absolute Gasteiger partial charge is 0.353 e. The Labute approximate surface area is 187 Å². The maximum atomic E-state index is 12.8. The van der Waals surface area contributed by atoms with Gasteiger partial charge in [0.05, 0.1) is 17.4 Å². The van der Waals surface area contributed by atoms with Crippen molar-refractivity contribution in [3.8, 4) is 5.69 Å². The first-order chi connectivity index (χ1) is 15.5. The fraction of sp³-hybridized carbons (Fsp3) is 0.571. The molecule has 2 aromatic rings. The maximum absolute atomic E-state index is 12.8. The van der Waals surface area contributed by atoms with Crippen molar-refractivity contribution in [2.24, 2.45) is 0 Å². The summed E-state index contributed by atoms with van der Waals surface area (Å²) < 4.78 is 80.6. The second-order valence-corrected chi connectivity index (χ2v) is 8.37. The summed E-state index contributed by atoms with van der Waals surface area (Å²) in [5, 5.41) is 4.58. The zero-order valence-corrected chi connectivity index (χ0v) is 18.0. The number of halogens is 6. The molecule has 0 aliphatic carbocycles. The van der Waals surface area contributed by atoms with Crippen molar-refractivity contribution in [3.05, 3.63) is 41.6 Å². The molecule has 0 radical (unpaired) electrons. The summed E-state index contributed by atoms with van der Waals surface area (Å²) in [7, 11) is 0. The third-order valence-corrected chi connectivity index (χ3v) is 5.97. The first-order valence-electron chi connectivity index (χ1n) is 10.7. The van der Waals surface area contributed by atoms with Crippen LogP contribution in [0.1, 0.15) is 11.3 Å². The SMILES string of the molecule is Cc1cc(N2CCN(CCN3CC(OC(F)(F)F)C3)CC2)nn1-c1ccc(C(F)(F)F)cc1. The van der Waals surface area contributed by atoms with E-state index in [1.807, 2.05) is 17.9 Å². The van der Waals surface area contributed by atoms with Crippen molar-refractivity contribution in [3.63, 3.8) is 0 Å². The number of rotatable bonds is 6. The van der Waals surface area contributed by atoms with Crippen molar-refractivity contribution >= 4 is 5.82 Å². The van der Waals surface area contributed by atoms with Crippen LogP contribution < -0.4 is 4.90 Å². The summed E-state index contributed by atoms with van der Waals surface area (Å²) in [6, 6.07) is 6.82. The van der Waals surface area contributed by atoms with Gasteiger partial charge in [0.1, 0.15) is 0 Å². The number of benzene rings is 1. The first kappa shape index (κ1) is 23.8. The lowest BCUT2D eigenvalue weighted by atomic mass is 10.1. The summed E-state index contributed by atoms with van der Waals surface area (Å²) >= 11 is 0. The van der Waals surface area contributed by atoms with Crippen molar-refractivity contribution < 1.29 is 31.1 Å². The molecule has 1 aromatic heterocycles. The van der Waals surface area contributed by atoms with Crippen molar-refractivity contribution in [1.82, 2.24) is 19.6 Å². The number of anilines is 1.